The van der Waals surface area contributed by atoms with Crippen LogP contribution >= 0.6 is 35.6 Å². The average Bonchev–Trinajstić information content (AvgIpc) is 2.64. The molecule has 8 heteroatoms. The number of methoxy groups -OCH3 is 1. The second-order valence-electron chi connectivity index (χ2n) is 5.36. The second kappa shape index (κ2) is 11.8. The Hall–Kier alpha value is -1.74. The van der Waals surface area contributed by atoms with Gasteiger partial charge in [-0.25, -0.2) is 4.98 Å². The molecule has 142 valence electrons. The Morgan fingerprint density at radius 2 is 1.96 bits per heavy atom. The van der Waals surface area contributed by atoms with Crippen LogP contribution in [0.25, 0.3) is 0 Å². The molecule has 0 amide bonds. The van der Waals surface area contributed by atoms with Crippen LogP contribution in [0.2, 0.25) is 5.02 Å². The summed E-state index contributed by atoms with van der Waals surface area (Å²) in [7, 11) is 3.33. The summed E-state index contributed by atoms with van der Waals surface area (Å²) in [6.45, 7) is 3.15. The highest BCUT2D eigenvalue weighted by Crippen LogP contribution is 2.16. The first kappa shape index (κ1) is 22.3. The van der Waals surface area contributed by atoms with Gasteiger partial charge in [0, 0.05) is 30.4 Å². The van der Waals surface area contributed by atoms with E-state index in [2.05, 4.69) is 20.6 Å². The lowest BCUT2D eigenvalue weighted by Gasteiger charge is -2.18. The fraction of sp³-hybridized carbons (Fsp3) is 0.333. The molecular formula is C18H24ClIN4O2. The largest absolute Gasteiger partial charge is 0.489 e. The van der Waals surface area contributed by atoms with Crippen LogP contribution in [0.3, 0.4) is 0 Å². The van der Waals surface area contributed by atoms with Crippen LogP contribution in [0.15, 0.2) is 47.6 Å². The molecule has 2 N–H and O–H groups in total. The highest BCUT2D eigenvalue weighted by atomic mass is 127. The fourth-order valence-corrected chi connectivity index (χ4v) is 2.30. The number of aromatic nitrogens is 1. The summed E-state index contributed by atoms with van der Waals surface area (Å²) in [5.74, 6) is 2.06. The number of guanidine groups is 1. The van der Waals surface area contributed by atoms with E-state index in [0.29, 0.717) is 30.0 Å². The number of aliphatic imine (C=N–C) groups is 1. The summed E-state index contributed by atoms with van der Waals surface area (Å²) in [6.07, 6.45) is 1.67. The summed E-state index contributed by atoms with van der Waals surface area (Å²) >= 11 is 5.87. The van der Waals surface area contributed by atoms with Crippen molar-refractivity contribution in [3.63, 3.8) is 0 Å². The molecule has 1 aromatic heterocycles. The lowest BCUT2D eigenvalue weighted by atomic mass is 10.2. The third kappa shape index (κ3) is 7.25. The molecule has 0 bridgehead atoms. The Morgan fingerprint density at radius 1 is 1.23 bits per heavy atom. The summed E-state index contributed by atoms with van der Waals surface area (Å²) < 4.78 is 11.1. The number of nitrogens with zero attached hydrogens (tertiary/aromatic N) is 2. The highest BCUT2D eigenvalue weighted by molar-refractivity contribution is 14.0. The summed E-state index contributed by atoms with van der Waals surface area (Å²) in [6, 6.07) is 11.1. The predicted molar refractivity (Wildman–Crippen MR) is 116 cm³/mol. The number of hydrogen-bond donors (Lipinski definition) is 2. The highest BCUT2D eigenvalue weighted by Gasteiger charge is 2.07. The van der Waals surface area contributed by atoms with Crippen LogP contribution in [-0.2, 0) is 6.54 Å². The zero-order valence-corrected chi connectivity index (χ0v) is 18.1. The number of ether oxygens (including phenoxy) is 2. The minimum absolute atomic E-state index is 0. The van der Waals surface area contributed by atoms with Gasteiger partial charge < -0.3 is 20.1 Å². The third-order valence-corrected chi connectivity index (χ3v) is 3.67. The second-order valence-corrected chi connectivity index (χ2v) is 5.80. The first-order chi connectivity index (χ1) is 12.1. The Bertz CT molecular complexity index is 698. The van der Waals surface area contributed by atoms with Crippen LogP contribution < -0.4 is 20.1 Å². The van der Waals surface area contributed by atoms with Crippen molar-refractivity contribution in [2.45, 2.75) is 19.6 Å². The van der Waals surface area contributed by atoms with Crippen molar-refractivity contribution in [1.82, 2.24) is 15.6 Å². The quantitative estimate of drug-likeness (QED) is 0.353. The first-order valence-corrected chi connectivity index (χ1v) is 8.34. The van der Waals surface area contributed by atoms with Gasteiger partial charge in [-0.1, -0.05) is 17.7 Å². The zero-order chi connectivity index (χ0) is 18.1. The Kier molecular flexibility index (Phi) is 10.1. The van der Waals surface area contributed by atoms with Gasteiger partial charge in [-0.15, -0.1) is 24.0 Å². The van der Waals surface area contributed by atoms with E-state index >= 15 is 0 Å². The van der Waals surface area contributed by atoms with Crippen molar-refractivity contribution in [1.29, 1.82) is 0 Å². The van der Waals surface area contributed by atoms with Gasteiger partial charge in [0.2, 0.25) is 5.88 Å². The van der Waals surface area contributed by atoms with Gasteiger partial charge >= 0.3 is 0 Å². The van der Waals surface area contributed by atoms with Crippen molar-refractivity contribution in [3.8, 4) is 11.6 Å². The van der Waals surface area contributed by atoms with Gasteiger partial charge in [0.05, 0.1) is 13.7 Å². The van der Waals surface area contributed by atoms with Crippen LogP contribution in [0.1, 0.15) is 12.5 Å². The van der Waals surface area contributed by atoms with Gasteiger partial charge in [0.15, 0.2) is 5.96 Å². The normalized spacial score (nSPS) is 11.9. The maximum atomic E-state index is 5.87. The lowest BCUT2D eigenvalue weighted by Crippen LogP contribution is -2.41. The summed E-state index contributed by atoms with van der Waals surface area (Å²) in [5, 5.41) is 7.16. The van der Waals surface area contributed by atoms with E-state index in [-0.39, 0.29) is 30.1 Å². The van der Waals surface area contributed by atoms with E-state index in [1.165, 1.54) is 0 Å². The first-order valence-electron chi connectivity index (χ1n) is 7.97. The molecule has 0 aliphatic heterocycles. The minimum Gasteiger partial charge on any atom is -0.489 e. The van der Waals surface area contributed by atoms with E-state index in [1.54, 1.807) is 32.5 Å². The summed E-state index contributed by atoms with van der Waals surface area (Å²) in [5.41, 5.74) is 0.957. The number of benzene rings is 1. The molecule has 2 aromatic rings. The SMILES string of the molecule is CN=C(NCc1cccnc1OC)NCC(C)Oc1ccc(Cl)cc1.I. The molecule has 26 heavy (non-hydrogen) atoms. The van der Waals surface area contributed by atoms with Gasteiger partial charge in [0.25, 0.3) is 0 Å². The molecule has 2 rings (SSSR count). The van der Waals surface area contributed by atoms with Crippen molar-refractivity contribution in [2.75, 3.05) is 20.7 Å². The lowest BCUT2D eigenvalue weighted by molar-refractivity contribution is 0.224. The van der Waals surface area contributed by atoms with E-state index in [0.717, 1.165) is 11.3 Å². The van der Waals surface area contributed by atoms with Gasteiger partial charge in [-0.3, -0.25) is 4.99 Å². The van der Waals surface area contributed by atoms with E-state index in [4.69, 9.17) is 21.1 Å². The molecule has 0 saturated heterocycles. The summed E-state index contributed by atoms with van der Waals surface area (Å²) in [4.78, 5) is 8.39. The smallest absolute Gasteiger partial charge is 0.218 e. The maximum absolute atomic E-state index is 5.87. The average molecular weight is 491 g/mol. The van der Waals surface area contributed by atoms with Crippen LogP contribution in [-0.4, -0.2) is 37.7 Å². The number of pyridine rings is 1. The van der Waals surface area contributed by atoms with E-state index in [9.17, 15) is 0 Å². The van der Waals surface area contributed by atoms with Crippen LogP contribution in [0, 0.1) is 0 Å². The molecule has 0 spiro atoms. The van der Waals surface area contributed by atoms with Crippen LogP contribution in [0.4, 0.5) is 0 Å². The zero-order valence-electron chi connectivity index (χ0n) is 15.0. The molecule has 1 unspecified atom stereocenters. The van der Waals surface area contributed by atoms with E-state index < -0.39 is 0 Å². The van der Waals surface area contributed by atoms with Gasteiger partial charge in [0.1, 0.15) is 11.9 Å². The number of rotatable bonds is 7. The Balaban J connectivity index is 0.00000338. The van der Waals surface area contributed by atoms with Gasteiger partial charge in [-0.05, 0) is 37.3 Å². The minimum atomic E-state index is -0.0346. The Morgan fingerprint density at radius 3 is 2.62 bits per heavy atom. The van der Waals surface area contributed by atoms with Crippen LogP contribution in [0.5, 0.6) is 11.6 Å². The monoisotopic (exact) mass is 490 g/mol. The molecule has 0 radical (unpaired) electrons. The predicted octanol–water partition coefficient (Wildman–Crippen LogP) is 3.49. The molecule has 0 saturated carbocycles. The molecule has 0 aliphatic carbocycles. The topological polar surface area (TPSA) is 67.8 Å². The van der Waals surface area contributed by atoms with E-state index in [1.807, 2.05) is 31.2 Å². The molecule has 6 nitrogen and oxygen atoms in total. The fourth-order valence-electron chi connectivity index (χ4n) is 2.17. The van der Waals surface area contributed by atoms with Crippen molar-refractivity contribution in [3.05, 3.63) is 53.2 Å². The molecule has 1 atom stereocenters. The van der Waals surface area contributed by atoms with Crippen molar-refractivity contribution in [2.24, 2.45) is 4.99 Å². The van der Waals surface area contributed by atoms with Gasteiger partial charge in [-0.2, -0.15) is 0 Å². The number of nitrogens with one attached hydrogen (secondary N) is 2. The molecular weight excluding hydrogens is 467 g/mol. The molecule has 1 heterocycles. The Labute approximate surface area is 176 Å². The maximum Gasteiger partial charge on any atom is 0.218 e. The van der Waals surface area contributed by atoms with Crippen molar-refractivity contribution < 1.29 is 9.47 Å². The number of halogens is 2. The molecule has 0 aliphatic rings. The molecule has 1 aromatic carbocycles. The number of hydrogen-bond acceptors (Lipinski definition) is 4. The molecule has 0 fully saturated rings. The standard InChI is InChI=1S/C18H23ClN4O2.HI/c1-13(25-16-8-6-15(19)7-9-16)11-22-18(20-2)23-12-14-5-4-10-21-17(14)24-3;/h4-10,13H,11-12H2,1-3H3,(H2,20,22,23);1H. The third-order valence-electron chi connectivity index (χ3n) is 3.42. The van der Waals surface area contributed by atoms with Crippen molar-refractivity contribution >= 4 is 41.5 Å².